The minimum atomic E-state index is -1.18. The molecule has 37 heavy (non-hydrogen) atoms. The molecule has 0 saturated heterocycles. The summed E-state index contributed by atoms with van der Waals surface area (Å²) in [5.74, 6) is -1.11. The predicted octanol–water partition coefficient (Wildman–Crippen LogP) is 2.48. The Labute approximate surface area is 221 Å². The summed E-state index contributed by atoms with van der Waals surface area (Å²) in [4.78, 5) is 72.0. The van der Waals surface area contributed by atoms with Crippen molar-refractivity contribution < 1.29 is 33.5 Å². The van der Waals surface area contributed by atoms with Gasteiger partial charge in [0.2, 0.25) is 17.7 Å². The number of aldehydes is 2. The number of nitrogens with one attached hydrogen (secondary N) is 3. The average Bonchev–Trinajstić information content (AvgIpc) is 2.85. The SMILES string of the molecule is CCC(C)(CC(C)(CC(C)(C)C(=O)NCCCCCC(=O)NC)C(=O)OCCCC=O)C(=O)NCC=O. The highest BCUT2D eigenvalue weighted by Crippen LogP contribution is 2.45. The number of rotatable bonds is 20. The normalized spacial score (nSPS) is 14.4. The molecule has 0 aromatic heterocycles. The molecule has 0 saturated carbocycles. The van der Waals surface area contributed by atoms with E-state index in [9.17, 15) is 28.8 Å². The van der Waals surface area contributed by atoms with Crippen LogP contribution in [-0.2, 0) is 33.5 Å². The molecule has 2 atom stereocenters. The lowest BCUT2D eigenvalue weighted by molar-refractivity contribution is -0.161. The van der Waals surface area contributed by atoms with Crippen molar-refractivity contribution >= 4 is 36.3 Å². The van der Waals surface area contributed by atoms with E-state index in [1.807, 2.05) is 6.92 Å². The van der Waals surface area contributed by atoms with Gasteiger partial charge in [-0.2, -0.15) is 0 Å². The van der Waals surface area contributed by atoms with E-state index >= 15 is 0 Å². The molecule has 0 fully saturated rings. The topological polar surface area (TPSA) is 148 Å². The summed E-state index contributed by atoms with van der Waals surface area (Å²) < 4.78 is 5.49. The van der Waals surface area contributed by atoms with Crippen molar-refractivity contribution in [1.82, 2.24) is 16.0 Å². The Morgan fingerprint density at radius 1 is 0.811 bits per heavy atom. The van der Waals surface area contributed by atoms with Gasteiger partial charge in [-0.3, -0.25) is 19.2 Å². The van der Waals surface area contributed by atoms with Crippen molar-refractivity contribution in [1.29, 1.82) is 0 Å². The summed E-state index contributed by atoms with van der Waals surface area (Å²) >= 11 is 0. The van der Waals surface area contributed by atoms with Gasteiger partial charge in [-0.05, 0) is 45.4 Å². The Morgan fingerprint density at radius 2 is 1.49 bits per heavy atom. The van der Waals surface area contributed by atoms with Gasteiger partial charge in [0.05, 0.1) is 18.6 Å². The van der Waals surface area contributed by atoms with Crippen molar-refractivity contribution in [3.05, 3.63) is 0 Å². The number of hydrogen-bond acceptors (Lipinski definition) is 7. The zero-order valence-corrected chi connectivity index (χ0v) is 23.5. The minimum absolute atomic E-state index is 0.0126. The summed E-state index contributed by atoms with van der Waals surface area (Å²) in [7, 11) is 1.60. The van der Waals surface area contributed by atoms with Gasteiger partial charge in [-0.15, -0.1) is 0 Å². The molecule has 3 amide bonds. The van der Waals surface area contributed by atoms with Crippen LogP contribution in [0.5, 0.6) is 0 Å². The van der Waals surface area contributed by atoms with E-state index in [-0.39, 0.29) is 50.1 Å². The third-order valence-corrected chi connectivity index (χ3v) is 6.74. The molecule has 10 nitrogen and oxygen atoms in total. The second-order valence-corrected chi connectivity index (χ2v) is 10.8. The molecule has 0 bridgehead atoms. The smallest absolute Gasteiger partial charge is 0.311 e. The molecule has 212 valence electrons. The number of esters is 1. The van der Waals surface area contributed by atoms with Crippen LogP contribution in [0.4, 0.5) is 0 Å². The molecule has 0 spiro atoms. The molecular weight excluding hydrogens is 478 g/mol. The first-order chi connectivity index (χ1) is 17.3. The van der Waals surface area contributed by atoms with Crippen LogP contribution in [-0.4, -0.2) is 63.0 Å². The maximum Gasteiger partial charge on any atom is 0.311 e. The summed E-state index contributed by atoms with van der Waals surface area (Å²) in [5.41, 5.74) is -3.11. The van der Waals surface area contributed by atoms with Crippen LogP contribution in [0.3, 0.4) is 0 Å². The zero-order chi connectivity index (χ0) is 28.5. The van der Waals surface area contributed by atoms with Gasteiger partial charge in [-0.1, -0.05) is 34.1 Å². The molecule has 0 aliphatic rings. The highest BCUT2D eigenvalue weighted by molar-refractivity contribution is 5.86. The largest absolute Gasteiger partial charge is 0.465 e. The Bertz CT molecular complexity index is 784. The highest BCUT2D eigenvalue weighted by Gasteiger charge is 2.48. The van der Waals surface area contributed by atoms with E-state index in [2.05, 4.69) is 16.0 Å². The third-order valence-electron chi connectivity index (χ3n) is 6.74. The molecule has 0 heterocycles. The summed E-state index contributed by atoms with van der Waals surface area (Å²) in [6.45, 7) is 9.15. The fraction of sp³-hybridized carbons (Fsp3) is 0.778. The van der Waals surface area contributed by atoms with E-state index in [0.717, 1.165) is 25.5 Å². The fourth-order valence-corrected chi connectivity index (χ4v) is 4.50. The van der Waals surface area contributed by atoms with Gasteiger partial charge in [0.25, 0.3) is 0 Å². The van der Waals surface area contributed by atoms with Crippen molar-refractivity contribution in [2.45, 2.75) is 92.4 Å². The van der Waals surface area contributed by atoms with Crippen molar-refractivity contribution in [2.75, 3.05) is 26.7 Å². The number of hydrogen-bond donors (Lipinski definition) is 3. The average molecular weight is 526 g/mol. The van der Waals surface area contributed by atoms with Crippen LogP contribution in [0.2, 0.25) is 0 Å². The zero-order valence-electron chi connectivity index (χ0n) is 23.5. The molecule has 2 unspecified atom stereocenters. The van der Waals surface area contributed by atoms with Crippen LogP contribution >= 0.6 is 0 Å². The lowest BCUT2D eigenvalue weighted by atomic mass is 9.64. The third kappa shape index (κ3) is 12.3. The van der Waals surface area contributed by atoms with Crippen molar-refractivity contribution in [3.8, 4) is 0 Å². The molecule has 0 aromatic rings. The highest BCUT2D eigenvalue weighted by atomic mass is 16.5. The van der Waals surface area contributed by atoms with Crippen LogP contribution in [0.25, 0.3) is 0 Å². The van der Waals surface area contributed by atoms with E-state index in [0.29, 0.717) is 32.1 Å². The van der Waals surface area contributed by atoms with E-state index in [1.165, 1.54) is 0 Å². The van der Waals surface area contributed by atoms with Crippen LogP contribution < -0.4 is 16.0 Å². The van der Waals surface area contributed by atoms with Gasteiger partial charge in [0.1, 0.15) is 12.6 Å². The predicted molar refractivity (Wildman–Crippen MR) is 140 cm³/mol. The van der Waals surface area contributed by atoms with Gasteiger partial charge in [0.15, 0.2) is 0 Å². The maximum absolute atomic E-state index is 13.3. The van der Waals surface area contributed by atoms with Gasteiger partial charge in [-0.25, -0.2) is 0 Å². The van der Waals surface area contributed by atoms with Gasteiger partial charge in [0, 0.05) is 37.3 Å². The Kier molecular flexibility index (Phi) is 15.6. The Balaban J connectivity index is 5.50. The van der Waals surface area contributed by atoms with Crippen molar-refractivity contribution in [3.63, 3.8) is 0 Å². The summed E-state index contributed by atoms with van der Waals surface area (Å²) in [5, 5.41) is 8.09. The molecule has 10 heteroatoms. The number of carbonyl (C=O) groups excluding carboxylic acids is 6. The fourth-order valence-electron chi connectivity index (χ4n) is 4.50. The number of ether oxygens (including phenoxy) is 1. The minimum Gasteiger partial charge on any atom is -0.465 e. The van der Waals surface area contributed by atoms with Gasteiger partial charge >= 0.3 is 5.97 Å². The van der Waals surface area contributed by atoms with Crippen LogP contribution in [0.15, 0.2) is 0 Å². The molecule has 0 rings (SSSR count). The lowest BCUT2D eigenvalue weighted by Crippen LogP contribution is -2.48. The summed E-state index contributed by atoms with van der Waals surface area (Å²) in [6.07, 6.45) is 5.36. The van der Waals surface area contributed by atoms with E-state index in [1.54, 1.807) is 34.7 Å². The molecule has 3 N–H and O–H groups in total. The number of carbonyl (C=O) groups is 6. The summed E-state index contributed by atoms with van der Waals surface area (Å²) in [6, 6.07) is 0. The molecule has 0 aromatic carbocycles. The Morgan fingerprint density at radius 3 is 2.05 bits per heavy atom. The van der Waals surface area contributed by atoms with Crippen molar-refractivity contribution in [2.24, 2.45) is 16.2 Å². The number of unbranched alkanes of at least 4 members (excludes halogenated alkanes) is 3. The molecule has 0 aliphatic carbocycles. The second-order valence-electron chi connectivity index (χ2n) is 10.8. The van der Waals surface area contributed by atoms with Crippen LogP contribution in [0, 0.1) is 16.2 Å². The Hall–Kier alpha value is -2.78. The quantitative estimate of drug-likeness (QED) is 0.126. The second kappa shape index (κ2) is 16.9. The standard InChI is InChI=1S/C27H47N3O7/c1-7-26(4,23(35)30-15-17-32)20-27(5,24(36)37-18-12-11-16-31)19-25(2,3)22(34)29-14-10-8-9-13-21(33)28-6/h16-17H,7-15,18-20H2,1-6H3,(H,28,33)(H,29,34)(H,30,35). The molecular formula is C27H47N3O7. The molecule has 0 aliphatic heterocycles. The van der Waals surface area contributed by atoms with Crippen LogP contribution in [0.1, 0.15) is 92.4 Å². The van der Waals surface area contributed by atoms with E-state index in [4.69, 9.17) is 4.74 Å². The first kappa shape index (κ1) is 34.2. The van der Waals surface area contributed by atoms with E-state index < -0.39 is 22.2 Å². The first-order valence-corrected chi connectivity index (χ1v) is 13.1. The van der Waals surface area contributed by atoms with Gasteiger partial charge < -0.3 is 30.3 Å². The first-order valence-electron chi connectivity index (χ1n) is 13.1. The molecule has 0 radical (unpaired) electrons. The lowest BCUT2D eigenvalue weighted by Gasteiger charge is -2.40. The monoisotopic (exact) mass is 525 g/mol. The maximum atomic E-state index is 13.3. The number of amides is 3.